The van der Waals surface area contributed by atoms with Crippen LogP contribution in [0.5, 0.6) is 0 Å². The van der Waals surface area contributed by atoms with Gasteiger partial charge in [-0.1, -0.05) is 13.8 Å². The highest BCUT2D eigenvalue weighted by Crippen LogP contribution is 2.71. The number of alkyl halides is 5. The highest BCUT2D eigenvalue weighted by atomic mass is 19.4. The van der Waals surface area contributed by atoms with Crippen LogP contribution in [0, 0.1) is 34.5 Å². The van der Waals surface area contributed by atoms with Crippen molar-refractivity contribution in [1.29, 1.82) is 0 Å². The Kier molecular flexibility index (Phi) is 4.72. The Labute approximate surface area is 172 Å². The maximum atomic E-state index is 14.5. The van der Waals surface area contributed by atoms with Crippen molar-refractivity contribution in [3.8, 4) is 0 Å². The van der Waals surface area contributed by atoms with Gasteiger partial charge in [-0.3, -0.25) is 4.79 Å². The van der Waals surface area contributed by atoms with Crippen molar-refractivity contribution in [1.82, 2.24) is 0 Å². The molecule has 4 aliphatic carbocycles. The first-order valence-corrected chi connectivity index (χ1v) is 10.8. The number of hydrogen-bond acceptors (Lipinski definition) is 3. The predicted molar refractivity (Wildman–Crippen MR) is 98.8 cm³/mol. The van der Waals surface area contributed by atoms with E-state index in [1.807, 2.05) is 0 Å². The van der Waals surface area contributed by atoms with Crippen LogP contribution in [0.1, 0.15) is 65.2 Å². The molecule has 0 radical (unpaired) electrons. The molecule has 3 nitrogen and oxygen atoms in total. The Morgan fingerprint density at radius 3 is 2.23 bits per heavy atom. The first kappa shape index (κ1) is 22.0. The van der Waals surface area contributed by atoms with Gasteiger partial charge in [-0.15, -0.1) is 0 Å². The van der Waals surface area contributed by atoms with Crippen LogP contribution >= 0.6 is 0 Å². The van der Waals surface area contributed by atoms with E-state index in [-0.39, 0.29) is 41.8 Å². The zero-order valence-corrected chi connectivity index (χ0v) is 17.2. The van der Waals surface area contributed by atoms with Crippen LogP contribution in [0.4, 0.5) is 22.0 Å². The van der Waals surface area contributed by atoms with E-state index >= 15 is 0 Å². The molecule has 4 fully saturated rings. The van der Waals surface area contributed by atoms with E-state index in [0.29, 0.717) is 37.7 Å². The van der Waals surface area contributed by atoms with Crippen molar-refractivity contribution in [2.45, 2.75) is 82.9 Å². The van der Waals surface area contributed by atoms with E-state index in [2.05, 4.69) is 6.92 Å². The summed E-state index contributed by atoms with van der Waals surface area (Å²) in [5.74, 6) is -5.54. The van der Waals surface area contributed by atoms with E-state index in [4.69, 9.17) is 0 Å². The topological polar surface area (TPSA) is 57.5 Å². The standard InChI is InChI=1S/C22H29F5O3/c1-18-10-12(11-28)17(29)9-13(18)3-4-14-15(18)5-7-19(2)16(14)6-8-20(19,30)21(23,24)22(25,26)27/h11,13-16,28,30H,3-10H2,1-2H3/t13-,14+,15-,16-,18-,19-,20-/m0/s1. The Balaban J connectivity index is 1.68. The SMILES string of the molecule is C[C@]12CC(=CO)C(=O)C[C@@H]1CC[C@@H]1[C@@H]2CC[C@@]2(C)[C@H]1CC[C@@]2(O)C(F)(F)C(F)(F)F. The second kappa shape index (κ2) is 6.42. The van der Waals surface area contributed by atoms with E-state index in [9.17, 15) is 37.0 Å². The fraction of sp³-hybridized carbons (Fsp3) is 0.864. The number of Topliss-reactive ketones (excluding diaryl/α,β-unsaturated/α-hetero) is 1. The molecule has 0 aliphatic heterocycles. The molecule has 7 atom stereocenters. The smallest absolute Gasteiger partial charge is 0.456 e. The van der Waals surface area contributed by atoms with Gasteiger partial charge < -0.3 is 10.2 Å². The third-order valence-corrected chi connectivity index (χ3v) is 9.61. The largest absolute Gasteiger partial charge is 0.515 e. The van der Waals surface area contributed by atoms with Gasteiger partial charge in [0.1, 0.15) is 5.60 Å². The maximum absolute atomic E-state index is 14.5. The van der Waals surface area contributed by atoms with Gasteiger partial charge in [-0.05, 0) is 74.0 Å². The van der Waals surface area contributed by atoms with Crippen LogP contribution in [0.3, 0.4) is 0 Å². The van der Waals surface area contributed by atoms with E-state index < -0.39 is 35.5 Å². The predicted octanol–water partition coefficient (Wildman–Crippen LogP) is 5.58. The van der Waals surface area contributed by atoms with Crippen molar-refractivity contribution in [3.63, 3.8) is 0 Å². The van der Waals surface area contributed by atoms with Crippen molar-refractivity contribution in [2.75, 3.05) is 0 Å². The van der Waals surface area contributed by atoms with E-state index in [1.165, 1.54) is 6.92 Å². The average Bonchev–Trinajstić information content (AvgIpc) is 2.93. The zero-order valence-electron chi connectivity index (χ0n) is 17.2. The van der Waals surface area contributed by atoms with Gasteiger partial charge in [0.15, 0.2) is 5.78 Å². The number of ketones is 1. The Hall–Kier alpha value is -1.18. The van der Waals surface area contributed by atoms with Gasteiger partial charge in [0.2, 0.25) is 0 Å². The third-order valence-electron chi connectivity index (χ3n) is 9.61. The highest BCUT2D eigenvalue weighted by molar-refractivity contribution is 5.96. The molecule has 8 heteroatoms. The van der Waals surface area contributed by atoms with Gasteiger partial charge in [-0.2, -0.15) is 22.0 Å². The summed E-state index contributed by atoms with van der Waals surface area (Å²) in [4.78, 5) is 12.3. The highest BCUT2D eigenvalue weighted by Gasteiger charge is 2.79. The lowest BCUT2D eigenvalue weighted by Gasteiger charge is -2.61. The normalized spacial score (nSPS) is 48.3. The molecule has 0 amide bonds. The number of fused-ring (bicyclic) bond motifs is 5. The Morgan fingerprint density at radius 2 is 1.63 bits per heavy atom. The zero-order chi connectivity index (χ0) is 22.3. The number of aliphatic hydroxyl groups excluding tert-OH is 1. The molecule has 0 aromatic carbocycles. The number of rotatable bonds is 1. The molecule has 0 spiro atoms. The molecule has 0 unspecified atom stereocenters. The summed E-state index contributed by atoms with van der Waals surface area (Å²) in [6.07, 6.45) is -2.71. The van der Waals surface area contributed by atoms with Gasteiger partial charge in [0.25, 0.3) is 0 Å². The molecule has 4 saturated carbocycles. The van der Waals surface area contributed by atoms with Gasteiger partial charge in [-0.25, -0.2) is 0 Å². The molecule has 0 aromatic rings. The number of hydrogen-bond donors (Lipinski definition) is 2. The maximum Gasteiger partial charge on any atom is 0.456 e. The van der Waals surface area contributed by atoms with Gasteiger partial charge in [0, 0.05) is 17.4 Å². The summed E-state index contributed by atoms with van der Waals surface area (Å²) in [5, 5.41) is 20.3. The average molecular weight is 436 g/mol. The van der Waals surface area contributed by atoms with Crippen LogP contribution < -0.4 is 0 Å². The molecule has 0 saturated heterocycles. The Morgan fingerprint density at radius 1 is 1.00 bits per heavy atom. The van der Waals surface area contributed by atoms with Crippen LogP contribution in [0.15, 0.2) is 11.8 Å². The van der Waals surface area contributed by atoms with Crippen molar-refractivity contribution in [2.24, 2.45) is 34.5 Å². The summed E-state index contributed by atoms with van der Waals surface area (Å²) >= 11 is 0. The summed E-state index contributed by atoms with van der Waals surface area (Å²) in [6, 6.07) is 0. The fourth-order valence-electron chi connectivity index (χ4n) is 7.89. The molecule has 170 valence electrons. The second-order valence-electron chi connectivity index (χ2n) is 10.5. The number of allylic oxidation sites excluding steroid dienone is 1. The quantitative estimate of drug-likeness (QED) is 0.321. The summed E-state index contributed by atoms with van der Waals surface area (Å²) in [5.41, 5.74) is -4.56. The Bertz CT molecular complexity index is 777. The van der Waals surface area contributed by atoms with Crippen molar-refractivity contribution < 1.29 is 37.0 Å². The lowest BCUT2D eigenvalue weighted by Crippen LogP contribution is -2.66. The molecular weight excluding hydrogens is 407 g/mol. The van der Waals surface area contributed by atoms with Crippen LogP contribution in [0.2, 0.25) is 0 Å². The van der Waals surface area contributed by atoms with E-state index in [1.54, 1.807) is 0 Å². The van der Waals surface area contributed by atoms with Crippen LogP contribution in [0.25, 0.3) is 0 Å². The van der Waals surface area contributed by atoms with Crippen molar-refractivity contribution in [3.05, 3.63) is 11.8 Å². The van der Waals surface area contributed by atoms with Crippen molar-refractivity contribution >= 4 is 5.78 Å². The van der Waals surface area contributed by atoms with Gasteiger partial charge >= 0.3 is 12.1 Å². The molecule has 0 aromatic heterocycles. The van der Waals surface area contributed by atoms with Crippen LogP contribution in [-0.4, -0.2) is 33.7 Å². The first-order valence-electron chi connectivity index (χ1n) is 10.8. The lowest BCUT2D eigenvalue weighted by molar-refractivity contribution is -0.364. The van der Waals surface area contributed by atoms with Crippen LogP contribution in [-0.2, 0) is 4.79 Å². The lowest BCUT2D eigenvalue weighted by atomic mass is 9.44. The first-order chi connectivity index (χ1) is 13.7. The number of aliphatic hydroxyl groups is 2. The summed E-state index contributed by atoms with van der Waals surface area (Å²) in [7, 11) is 0. The molecule has 4 aliphatic rings. The molecule has 4 rings (SSSR count). The molecule has 0 heterocycles. The number of carbonyl (C=O) groups excluding carboxylic acids is 1. The number of halogens is 5. The summed E-state index contributed by atoms with van der Waals surface area (Å²) < 4.78 is 68.7. The third kappa shape index (κ3) is 2.54. The minimum absolute atomic E-state index is 0.0687. The number of carbonyl (C=O) groups is 1. The van der Waals surface area contributed by atoms with E-state index in [0.717, 1.165) is 6.26 Å². The van der Waals surface area contributed by atoms with Gasteiger partial charge in [0.05, 0.1) is 6.26 Å². The second-order valence-corrected chi connectivity index (χ2v) is 10.5. The minimum atomic E-state index is -5.80. The monoisotopic (exact) mass is 436 g/mol. The minimum Gasteiger partial charge on any atom is -0.515 e. The fourth-order valence-corrected chi connectivity index (χ4v) is 7.89. The molecular formula is C22H29F5O3. The molecule has 2 N–H and O–H groups in total. The molecule has 0 bridgehead atoms. The summed E-state index contributed by atoms with van der Waals surface area (Å²) in [6.45, 7) is 3.48. The molecule has 30 heavy (non-hydrogen) atoms.